The van der Waals surface area contributed by atoms with E-state index in [4.69, 9.17) is 4.74 Å². The summed E-state index contributed by atoms with van der Waals surface area (Å²) in [5, 5.41) is 10.1. The van der Waals surface area contributed by atoms with Gasteiger partial charge >= 0.3 is 0 Å². The molecule has 2 aromatic rings. The fourth-order valence-corrected chi connectivity index (χ4v) is 1.93. The molecule has 2 rings (SSSR count). The maximum atomic E-state index is 10.1. The summed E-state index contributed by atoms with van der Waals surface area (Å²) in [4.78, 5) is 0. The highest BCUT2D eigenvalue weighted by Gasteiger charge is 2.09. The average molecular weight is 256 g/mol. The summed E-state index contributed by atoms with van der Waals surface area (Å²) in [5.74, 6) is 0.839. The molecule has 0 radical (unpaired) electrons. The van der Waals surface area contributed by atoms with E-state index in [1.807, 2.05) is 50.2 Å². The number of aliphatic hydroxyl groups excluding tert-OH is 1. The van der Waals surface area contributed by atoms with Crippen LogP contribution in [-0.4, -0.2) is 11.7 Å². The minimum Gasteiger partial charge on any atom is -0.490 e. The SMILES string of the molecule is Cc1ccc(C(O)COc2cccc(C)c2C)cc1. The summed E-state index contributed by atoms with van der Waals surface area (Å²) in [5.41, 5.74) is 4.39. The Kier molecular flexibility index (Phi) is 4.23. The van der Waals surface area contributed by atoms with E-state index < -0.39 is 6.10 Å². The average Bonchev–Trinajstić information content (AvgIpc) is 2.41. The summed E-state index contributed by atoms with van der Waals surface area (Å²) < 4.78 is 5.71. The molecule has 1 atom stereocenters. The zero-order chi connectivity index (χ0) is 13.8. The maximum absolute atomic E-state index is 10.1. The van der Waals surface area contributed by atoms with Crippen molar-refractivity contribution in [3.8, 4) is 5.75 Å². The molecule has 0 aliphatic carbocycles. The molecule has 2 aromatic carbocycles. The normalized spacial score (nSPS) is 12.2. The minimum absolute atomic E-state index is 0.271. The van der Waals surface area contributed by atoms with Crippen LogP contribution in [0.3, 0.4) is 0 Å². The van der Waals surface area contributed by atoms with Gasteiger partial charge in [-0.2, -0.15) is 0 Å². The van der Waals surface area contributed by atoms with Crippen LogP contribution in [-0.2, 0) is 0 Å². The molecule has 0 saturated carbocycles. The molecule has 1 N–H and O–H groups in total. The van der Waals surface area contributed by atoms with Gasteiger partial charge in [-0.15, -0.1) is 0 Å². The standard InChI is InChI=1S/C17H20O2/c1-12-7-9-15(10-8-12)16(18)11-19-17-6-4-5-13(2)14(17)3/h4-10,16,18H,11H2,1-3H3. The smallest absolute Gasteiger partial charge is 0.122 e. The highest BCUT2D eigenvalue weighted by Crippen LogP contribution is 2.22. The first kappa shape index (κ1) is 13.6. The summed E-state index contributed by atoms with van der Waals surface area (Å²) >= 11 is 0. The molecule has 0 spiro atoms. The summed E-state index contributed by atoms with van der Waals surface area (Å²) in [6.07, 6.45) is -0.597. The van der Waals surface area contributed by atoms with Crippen LogP contribution < -0.4 is 4.74 Å². The molecule has 0 aromatic heterocycles. The van der Waals surface area contributed by atoms with Gasteiger partial charge in [-0.3, -0.25) is 0 Å². The van der Waals surface area contributed by atoms with Crippen molar-refractivity contribution in [2.75, 3.05) is 6.61 Å². The highest BCUT2D eigenvalue weighted by molar-refractivity contribution is 5.38. The number of rotatable bonds is 4. The molecule has 0 amide bonds. The van der Waals surface area contributed by atoms with Crippen LogP contribution in [0.25, 0.3) is 0 Å². The van der Waals surface area contributed by atoms with Crippen LogP contribution in [0.5, 0.6) is 5.75 Å². The zero-order valence-corrected chi connectivity index (χ0v) is 11.7. The number of aliphatic hydroxyl groups is 1. The van der Waals surface area contributed by atoms with Gasteiger partial charge in [0.2, 0.25) is 0 Å². The van der Waals surface area contributed by atoms with Crippen molar-refractivity contribution >= 4 is 0 Å². The van der Waals surface area contributed by atoms with Gasteiger partial charge in [-0.05, 0) is 43.5 Å². The highest BCUT2D eigenvalue weighted by atomic mass is 16.5. The molecule has 0 aliphatic heterocycles. The maximum Gasteiger partial charge on any atom is 0.122 e. The molecular formula is C17H20O2. The van der Waals surface area contributed by atoms with Gasteiger partial charge in [0.15, 0.2) is 0 Å². The quantitative estimate of drug-likeness (QED) is 0.903. The number of ether oxygens (including phenoxy) is 1. The second kappa shape index (κ2) is 5.89. The van der Waals surface area contributed by atoms with Gasteiger partial charge in [0, 0.05) is 0 Å². The predicted molar refractivity (Wildman–Crippen MR) is 77.5 cm³/mol. The van der Waals surface area contributed by atoms with E-state index in [1.54, 1.807) is 0 Å². The van der Waals surface area contributed by atoms with Gasteiger partial charge in [-0.25, -0.2) is 0 Å². The first-order valence-electron chi connectivity index (χ1n) is 6.51. The van der Waals surface area contributed by atoms with Gasteiger partial charge in [0.25, 0.3) is 0 Å². The number of hydrogen-bond acceptors (Lipinski definition) is 2. The van der Waals surface area contributed by atoms with Crippen LogP contribution in [0.1, 0.15) is 28.4 Å². The second-order valence-electron chi connectivity index (χ2n) is 4.94. The number of aryl methyl sites for hydroxylation is 2. The number of benzene rings is 2. The molecule has 100 valence electrons. The van der Waals surface area contributed by atoms with Gasteiger partial charge in [0.05, 0.1) is 0 Å². The summed E-state index contributed by atoms with van der Waals surface area (Å²) in [6.45, 7) is 6.39. The van der Waals surface area contributed by atoms with Crippen molar-refractivity contribution in [2.24, 2.45) is 0 Å². The van der Waals surface area contributed by atoms with Crippen LogP contribution in [0.2, 0.25) is 0 Å². The molecule has 2 heteroatoms. The van der Waals surface area contributed by atoms with Crippen molar-refractivity contribution in [3.05, 3.63) is 64.7 Å². The van der Waals surface area contributed by atoms with Crippen molar-refractivity contribution in [1.82, 2.24) is 0 Å². The molecule has 0 saturated heterocycles. The molecule has 0 bridgehead atoms. The zero-order valence-electron chi connectivity index (χ0n) is 11.7. The number of hydrogen-bond donors (Lipinski definition) is 1. The lowest BCUT2D eigenvalue weighted by molar-refractivity contribution is 0.108. The predicted octanol–water partition coefficient (Wildman–Crippen LogP) is 3.72. The monoisotopic (exact) mass is 256 g/mol. The third kappa shape index (κ3) is 3.36. The summed E-state index contributed by atoms with van der Waals surface area (Å²) in [6, 6.07) is 13.8. The Morgan fingerprint density at radius 1 is 1.00 bits per heavy atom. The Bertz CT molecular complexity index is 544. The lowest BCUT2D eigenvalue weighted by atomic mass is 10.1. The lowest BCUT2D eigenvalue weighted by Crippen LogP contribution is -2.10. The van der Waals surface area contributed by atoms with E-state index in [-0.39, 0.29) is 6.61 Å². The van der Waals surface area contributed by atoms with Gasteiger partial charge in [0.1, 0.15) is 18.5 Å². The Balaban J connectivity index is 2.02. The van der Waals surface area contributed by atoms with E-state index in [9.17, 15) is 5.11 Å². The first-order chi connectivity index (χ1) is 9.08. The van der Waals surface area contributed by atoms with Crippen LogP contribution in [0.4, 0.5) is 0 Å². The third-order valence-corrected chi connectivity index (χ3v) is 3.41. The van der Waals surface area contributed by atoms with Crippen molar-refractivity contribution < 1.29 is 9.84 Å². The van der Waals surface area contributed by atoms with Crippen LogP contribution >= 0.6 is 0 Å². The largest absolute Gasteiger partial charge is 0.490 e. The van der Waals surface area contributed by atoms with Crippen molar-refractivity contribution in [2.45, 2.75) is 26.9 Å². The van der Waals surface area contributed by atoms with E-state index in [0.29, 0.717) is 0 Å². The van der Waals surface area contributed by atoms with E-state index in [0.717, 1.165) is 16.9 Å². The second-order valence-corrected chi connectivity index (χ2v) is 4.94. The van der Waals surface area contributed by atoms with Gasteiger partial charge < -0.3 is 9.84 Å². The summed E-state index contributed by atoms with van der Waals surface area (Å²) in [7, 11) is 0. The van der Waals surface area contributed by atoms with Crippen LogP contribution in [0, 0.1) is 20.8 Å². The molecule has 0 heterocycles. The van der Waals surface area contributed by atoms with Crippen LogP contribution in [0.15, 0.2) is 42.5 Å². The Morgan fingerprint density at radius 3 is 2.37 bits per heavy atom. The molecule has 19 heavy (non-hydrogen) atoms. The topological polar surface area (TPSA) is 29.5 Å². The first-order valence-corrected chi connectivity index (χ1v) is 6.51. The minimum atomic E-state index is -0.597. The Labute approximate surface area is 114 Å². The fraction of sp³-hybridized carbons (Fsp3) is 0.294. The van der Waals surface area contributed by atoms with Gasteiger partial charge in [-0.1, -0.05) is 42.0 Å². The van der Waals surface area contributed by atoms with Crippen molar-refractivity contribution in [3.63, 3.8) is 0 Å². The molecule has 0 fully saturated rings. The molecule has 1 unspecified atom stereocenters. The lowest BCUT2D eigenvalue weighted by Gasteiger charge is -2.15. The Hall–Kier alpha value is -1.80. The molecule has 0 aliphatic rings. The molecule has 2 nitrogen and oxygen atoms in total. The fourth-order valence-electron chi connectivity index (χ4n) is 1.93. The van der Waals surface area contributed by atoms with E-state index in [1.165, 1.54) is 11.1 Å². The van der Waals surface area contributed by atoms with E-state index in [2.05, 4.69) is 13.0 Å². The third-order valence-electron chi connectivity index (χ3n) is 3.41. The van der Waals surface area contributed by atoms with E-state index >= 15 is 0 Å². The molecular weight excluding hydrogens is 236 g/mol. The Morgan fingerprint density at radius 2 is 1.68 bits per heavy atom. The van der Waals surface area contributed by atoms with Crippen molar-refractivity contribution in [1.29, 1.82) is 0 Å².